The first kappa shape index (κ1) is 18.2. The number of hydroxylamine groups is 1. The van der Waals surface area contributed by atoms with E-state index >= 15 is 0 Å². The Hall–Kier alpha value is -2.65. The molecule has 3 rings (SSSR count). The van der Waals surface area contributed by atoms with Crippen LogP contribution in [-0.2, 0) is 10.6 Å². The van der Waals surface area contributed by atoms with Crippen molar-refractivity contribution in [3.63, 3.8) is 0 Å². The highest BCUT2D eigenvalue weighted by Crippen LogP contribution is 2.25. The Bertz CT molecular complexity index is 905. The van der Waals surface area contributed by atoms with Crippen molar-refractivity contribution in [2.75, 3.05) is 6.61 Å². The Labute approximate surface area is 154 Å². The maximum absolute atomic E-state index is 11.8. The van der Waals surface area contributed by atoms with Crippen molar-refractivity contribution in [1.82, 2.24) is 25.2 Å². The number of carbonyl (C=O) groups is 1. The Morgan fingerprint density at radius 3 is 2.96 bits per heavy atom. The first-order valence-electron chi connectivity index (χ1n) is 8.07. The number of rotatable bonds is 7. The molecule has 2 heterocycles. The molecular weight excluding hydrogens is 354 g/mol. The number of nitrogens with one attached hydrogen (secondary N) is 1. The number of aryl methyl sites for hydroxylation is 2. The van der Waals surface area contributed by atoms with E-state index in [1.54, 1.807) is 6.92 Å². The normalized spacial score (nSPS) is 10.9. The van der Waals surface area contributed by atoms with E-state index in [-0.39, 0.29) is 5.69 Å². The zero-order chi connectivity index (χ0) is 18.5. The van der Waals surface area contributed by atoms with Gasteiger partial charge in [-0.25, -0.2) is 10.5 Å². The fourth-order valence-corrected chi connectivity index (χ4v) is 3.15. The third-order valence-electron chi connectivity index (χ3n) is 3.47. The van der Waals surface area contributed by atoms with Gasteiger partial charge in [0.05, 0.1) is 12.4 Å². The van der Waals surface area contributed by atoms with Crippen LogP contribution in [0.15, 0.2) is 40.1 Å². The van der Waals surface area contributed by atoms with Gasteiger partial charge in [-0.1, -0.05) is 23.9 Å². The number of hydrogen-bond donors (Lipinski definition) is 1. The lowest BCUT2D eigenvalue weighted by atomic mass is 10.2. The molecule has 0 saturated heterocycles. The summed E-state index contributed by atoms with van der Waals surface area (Å²) in [5, 5.41) is 9.12. The summed E-state index contributed by atoms with van der Waals surface area (Å²) in [7, 11) is 0. The molecule has 3 aromatic rings. The largest absolute Gasteiger partial charge is 0.447 e. The van der Waals surface area contributed by atoms with Crippen molar-refractivity contribution in [3.8, 4) is 5.69 Å². The van der Waals surface area contributed by atoms with E-state index in [0.717, 1.165) is 22.2 Å². The standard InChI is InChI=1S/C17H19N5O3S/c1-4-25-21-16(23)14-9-24-15(18-14)10-26-17-20-19-12(3)22(17)13-7-5-6-11(2)8-13/h5-9H,4,10H2,1-3H3,(H,21,23). The van der Waals surface area contributed by atoms with Gasteiger partial charge in [-0.05, 0) is 38.5 Å². The molecule has 1 amide bonds. The number of benzene rings is 1. The van der Waals surface area contributed by atoms with Crippen molar-refractivity contribution in [2.24, 2.45) is 0 Å². The topological polar surface area (TPSA) is 95.1 Å². The molecule has 0 unspecified atom stereocenters. The molecule has 0 aliphatic heterocycles. The van der Waals surface area contributed by atoms with E-state index in [9.17, 15) is 4.79 Å². The van der Waals surface area contributed by atoms with Crippen LogP contribution >= 0.6 is 11.8 Å². The SMILES string of the molecule is CCONC(=O)c1coc(CSc2nnc(C)n2-c2cccc(C)c2)n1. The van der Waals surface area contributed by atoms with E-state index in [0.29, 0.717) is 18.3 Å². The molecule has 8 nitrogen and oxygen atoms in total. The van der Waals surface area contributed by atoms with E-state index in [2.05, 4.69) is 26.7 Å². The van der Waals surface area contributed by atoms with Crippen molar-refractivity contribution < 1.29 is 14.0 Å². The van der Waals surface area contributed by atoms with E-state index in [4.69, 9.17) is 9.25 Å². The van der Waals surface area contributed by atoms with Gasteiger partial charge in [0.1, 0.15) is 12.1 Å². The monoisotopic (exact) mass is 373 g/mol. The average molecular weight is 373 g/mol. The molecule has 1 N–H and O–H groups in total. The van der Waals surface area contributed by atoms with E-state index in [1.807, 2.05) is 36.6 Å². The van der Waals surface area contributed by atoms with Gasteiger partial charge in [0, 0.05) is 5.69 Å². The van der Waals surface area contributed by atoms with E-state index in [1.165, 1.54) is 18.0 Å². The zero-order valence-electron chi connectivity index (χ0n) is 14.7. The molecule has 0 spiro atoms. The van der Waals surface area contributed by atoms with Gasteiger partial charge in [-0.2, -0.15) is 0 Å². The number of nitrogens with zero attached hydrogens (tertiary/aromatic N) is 4. The lowest BCUT2D eigenvalue weighted by Crippen LogP contribution is -2.23. The molecule has 0 atom stereocenters. The molecule has 9 heteroatoms. The molecule has 1 aromatic carbocycles. The predicted octanol–water partition coefficient (Wildman–Crippen LogP) is 2.85. The van der Waals surface area contributed by atoms with Crippen molar-refractivity contribution in [3.05, 3.63) is 53.5 Å². The molecule has 0 radical (unpaired) electrons. The number of oxazole rings is 1. The molecule has 0 bridgehead atoms. The number of carbonyl (C=O) groups excluding carboxylic acids is 1. The summed E-state index contributed by atoms with van der Waals surface area (Å²) in [6.45, 7) is 6.09. The van der Waals surface area contributed by atoms with Crippen molar-refractivity contribution in [2.45, 2.75) is 31.7 Å². The van der Waals surface area contributed by atoms with Crippen LogP contribution in [0, 0.1) is 13.8 Å². The summed E-state index contributed by atoms with van der Waals surface area (Å²) in [4.78, 5) is 20.8. The second kappa shape index (κ2) is 8.15. The lowest BCUT2D eigenvalue weighted by Gasteiger charge is -2.08. The van der Waals surface area contributed by atoms with Gasteiger partial charge < -0.3 is 4.42 Å². The summed E-state index contributed by atoms with van der Waals surface area (Å²) in [6, 6.07) is 8.12. The Morgan fingerprint density at radius 1 is 1.35 bits per heavy atom. The van der Waals surface area contributed by atoms with Gasteiger partial charge in [0.15, 0.2) is 10.9 Å². The molecule has 136 valence electrons. The van der Waals surface area contributed by atoms with Gasteiger partial charge >= 0.3 is 0 Å². The minimum atomic E-state index is -0.439. The van der Waals surface area contributed by atoms with Gasteiger partial charge in [-0.3, -0.25) is 14.2 Å². The summed E-state index contributed by atoms with van der Waals surface area (Å²) in [6.07, 6.45) is 1.31. The molecule has 0 saturated carbocycles. The second-order valence-electron chi connectivity index (χ2n) is 5.48. The Morgan fingerprint density at radius 2 is 2.19 bits per heavy atom. The Kier molecular flexibility index (Phi) is 5.69. The quantitative estimate of drug-likeness (QED) is 0.502. The second-order valence-corrected chi connectivity index (χ2v) is 6.43. The maximum Gasteiger partial charge on any atom is 0.296 e. The minimum Gasteiger partial charge on any atom is -0.447 e. The van der Waals surface area contributed by atoms with Crippen LogP contribution in [0.5, 0.6) is 0 Å². The van der Waals surface area contributed by atoms with Gasteiger partial charge in [0.25, 0.3) is 5.91 Å². The van der Waals surface area contributed by atoms with Gasteiger partial charge in [-0.15, -0.1) is 10.2 Å². The highest BCUT2D eigenvalue weighted by atomic mass is 32.2. The minimum absolute atomic E-state index is 0.172. The summed E-state index contributed by atoms with van der Waals surface area (Å²) >= 11 is 1.43. The number of thioether (sulfide) groups is 1. The Balaban J connectivity index is 1.71. The predicted molar refractivity (Wildman–Crippen MR) is 96.0 cm³/mol. The maximum atomic E-state index is 11.8. The lowest BCUT2D eigenvalue weighted by molar-refractivity contribution is 0.0360. The number of hydrogen-bond acceptors (Lipinski definition) is 7. The molecule has 0 aliphatic carbocycles. The molecule has 0 fully saturated rings. The van der Waals surface area contributed by atoms with Crippen LogP contribution in [0.1, 0.15) is 34.7 Å². The van der Waals surface area contributed by atoms with Crippen LogP contribution in [-0.4, -0.2) is 32.3 Å². The van der Waals surface area contributed by atoms with Gasteiger partial charge in [0.2, 0.25) is 5.89 Å². The fraction of sp³-hybridized carbons (Fsp3) is 0.294. The fourth-order valence-electron chi connectivity index (χ4n) is 2.30. The third-order valence-corrected chi connectivity index (χ3v) is 4.39. The summed E-state index contributed by atoms with van der Waals surface area (Å²) < 4.78 is 7.33. The van der Waals surface area contributed by atoms with E-state index < -0.39 is 5.91 Å². The van der Waals surface area contributed by atoms with Crippen LogP contribution in [0.25, 0.3) is 5.69 Å². The smallest absolute Gasteiger partial charge is 0.296 e. The molecule has 0 aliphatic rings. The first-order chi connectivity index (χ1) is 12.6. The summed E-state index contributed by atoms with van der Waals surface area (Å²) in [5.74, 6) is 1.20. The van der Waals surface area contributed by atoms with Crippen LogP contribution in [0.3, 0.4) is 0 Å². The first-order valence-corrected chi connectivity index (χ1v) is 9.05. The van der Waals surface area contributed by atoms with Crippen molar-refractivity contribution >= 4 is 17.7 Å². The number of aromatic nitrogens is 4. The molecule has 26 heavy (non-hydrogen) atoms. The molecular formula is C17H19N5O3S. The highest BCUT2D eigenvalue weighted by molar-refractivity contribution is 7.98. The van der Waals surface area contributed by atoms with Crippen LogP contribution in [0.4, 0.5) is 0 Å². The number of amides is 1. The molecule has 2 aromatic heterocycles. The van der Waals surface area contributed by atoms with Crippen LogP contribution < -0.4 is 5.48 Å². The van der Waals surface area contributed by atoms with Crippen molar-refractivity contribution in [1.29, 1.82) is 0 Å². The van der Waals surface area contributed by atoms with Crippen LogP contribution in [0.2, 0.25) is 0 Å². The zero-order valence-corrected chi connectivity index (χ0v) is 15.5. The summed E-state index contributed by atoms with van der Waals surface area (Å²) in [5.41, 5.74) is 4.61. The third kappa shape index (κ3) is 4.12. The highest BCUT2D eigenvalue weighted by Gasteiger charge is 2.15. The average Bonchev–Trinajstić information content (AvgIpc) is 3.24.